The lowest BCUT2D eigenvalue weighted by molar-refractivity contribution is 0.0314. The first-order chi connectivity index (χ1) is 13.7. The van der Waals surface area contributed by atoms with Crippen LogP contribution in [0.3, 0.4) is 0 Å². The summed E-state index contributed by atoms with van der Waals surface area (Å²) in [6.07, 6.45) is 4.35. The van der Waals surface area contributed by atoms with Crippen LogP contribution in [0.1, 0.15) is 46.5 Å². The van der Waals surface area contributed by atoms with E-state index in [-0.39, 0.29) is 12.5 Å². The molecule has 2 heterocycles. The highest BCUT2D eigenvalue weighted by molar-refractivity contribution is 6.33. The third kappa shape index (κ3) is 3.93. The largest absolute Gasteiger partial charge is 0.389 e. The Morgan fingerprint density at radius 1 is 1.24 bits per heavy atom. The molecule has 1 aliphatic heterocycles. The van der Waals surface area contributed by atoms with Crippen molar-refractivity contribution < 1.29 is 9.90 Å². The number of carbonyl (C=O) groups excluding carboxylic acids is 1. The van der Waals surface area contributed by atoms with E-state index >= 15 is 0 Å². The van der Waals surface area contributed by atoms with Crippen molar-refractivity contribution in [3.05, 3.63) is 81.6 Å². The van der Waals surface area contributed by atoms with Crippen LogP contribution < -0.4 is 0 Å². The van der Waals surface area contributed by atoms with Crippen LogP contribution in [0.2, 0.25) is 5.02 Å². The number of aromatic nitrogens is 2. The second-order valence-corrected chi connectivity index (χ2v) is 8.65. The molecule has 29 heavy (non-hydrogen) atoms. The summed E-state index contributed by atoms with van der Waals surface area (Å²) in [6.45, 7) is 6.12. The molecule has 5 nitrogen and oxygen atoms in total. The number of hydrogen-bond donors (Lipinski definition) is 1. The molecule has 1 aliphatic rings. The maximum Gasteiger partial charge on any atom is 0.254 e. The molecule has 150 valence electrons. The number of nitrogens with zero attached hydrogens (tertiary/aromatic N) is 3. The van der Waals surface area contributed by atoms with Gasteiger partial charge in [-0.3, -0.25) is 4.79 Å². The average Bonchev–Trinajstić information content (AvgIpc) is 3.29. The first-order valence-electron chi connectivity index (χ1n) is 9.64. The van der Waals surface area contributed by atoms with Gasteiger partial charge in [-0.25, -0.2) is 4.68 Å². The number of aliphatic hydroxyl groups is 1. The third-order valence-corrected chi connectivity index (χ3v) is 5.78. The summed E-state index contributed by atoms with van der Waals surface area (Å²) >= 11 is 6.65. The van der Waals surface area contributed by atoms with Crippen molar-refractivity contribution in [1.82, 2.24) is 14.7 Å². The molecule has 0 saturated carbocycles. The number of amides is 1. The van der Waals surface area contributed by atoms with Crippen molar-refractivity contribution in [3.8, 4) is 5.69 Å². The zero-order valence-corrected chi connectivity index (χ0v) is 17.6. The van der Waals surface area contributed by atoms with Gasteiger partial charge in [-0.2, -0.15) is 5.10 Å². The number of benzene rings is 2. The number of β-amino-alcohol motifs (C(OH)–C–C–N with tert-alkyl or cyclic N) is 1. The summed E-state index contributed by atoms with van der Waals surface area (Å²) in [5.41, 5.74) is 4.74. The summed E-state index contributed by atoms with van der Waals surface area (Å²) in [5, 5.41) is 15.0. The summed E-state index contributed by atoms with van der Waals surface area (Å²) in [5.74, 6) is -0.0701. The van der Waals surface area contributed by atoms with E-state index in [0.717, 1.165) is 27.9 Å². The zero-order chi connectivity index (χ0) is 20.8. The minimum Gasteiger partial charge on any atom is -0.389 e. The van der Waals surface area contributed by atoms with Crippen molar-refractivity contribution in [1.29, 1.82) is 0 Å². The Morgan fingerprint density at radius 2 is 1.97 bits per heavy atom. The molecular formula is C23H24ClN3O2. The first-order valence-corrected chi connectivity index (χ1v) is 10.0. The van der Waals surface area contributed by atoms with Crippen LogP contribution in [0.5, 0.6) is 0 Å². The quantitative estimate of drug-likeness (QED) is 0.688. The predicted molar refractivity (Wildman–Crippen MR) is 114 cm³/mol. The average molecular weight is 410 g/mol. The smallest absolute Gasteiger partial charge is 0.254 e. The maximum absolute atomic E-state index is 12.9. The highest BCUT2D eigenvalue weighted by Gasteiger charge is 2.33. The second kappa shape index (κ2) is 7.32. The number of fused-ring (bicyclic) bond motifs is 1. The van der Waals surface area contributed by atoms with Crippen molar-refractivity contribution in [2.45, 2.75) is 39.3 Å². The van der Waals surface area contributed by atoms with Crippen molar-refractivity contribution in [2.75, 3.05) is 6.54 Å². The number of halogens is 1. The summed E-state index contributed by atoms with van der Waals surface area (Å²) in [7, 11) is 0. The van der Waals surface area contributed by atoms with Gasteiger partial charge in [-0.1, -0.05) is 23.7 Å². The lowest BCUT2D eigenvalue weighted by Crippen LogP contribution is -2.38. The van der Waals surface area contributed by atoms with E-state index < -0.39 is 5.60 Å². The molecule has 0 spiro atoms. The van der Waals surface area contributed by atoms with Gasteiger partial charge >= 0.3 is 0 Å². The van der Waals surface area contributed by atoms with E-state index in [1.165, 1.54) is 0 Å². The van der Waals surface area contributed by atoms with E-state index in [1.54, 1.807) is 24.9 Å². The predicted octanol–water partition coefficient (Wildman–Crippen LogP) is 4.15. The van der Waals surface area contributed by atoms with Crippen molar-refractivity contribution in [2.24, 2.45) is 0 Å². The molecule has 0 atom stereocenters. The van der Waals surface area contributed by atoms with Gasteiger partial charge in [0, 0.05) is 41.6 Å². The first kappa shape index (κ1) is 19.7. The second-order valence-electron chi connectivity index (χ2n) is 8.27. The van der Waals surface area contributed by atoms with Gasteiger partial charge < -0.3 is 10.0 Å². The number of rotatable bonds is 5. The molecule has 6 heteroatoms. The highest BCUT2D eigenvalue weighted by Crippen LogP contribution is 2.35. The molecule has 3 aromatic rings. The fraction of sp³-hybridized carbons (Fsp3) is 0.304. The van der Waals surface area contributed by atoms with Crippen LogP contribution in [0.15, 0.2) is 48.8 Å². The van der Waals surface area contributed by atoms with Crippen LogP contribution >= 0.6 is 11.6 Å². The fourth-order valence-electron chi connectivity index (χ4n) is 3.82. The number of carbonyl (C=O) groups is 1. The topological polar surface area (TPSA) is 58.4 Å². The molecular weight excluding hydrogens is 386 g/mol. The summed E-state index contributed by atoms with van der Waals surface area (Å²) in [6, 6.07) is 12.1. The van der Waals surface area contributed by atoms with Gasteiger partial charge in [-0.15, -0.1) is 0 Å². The molecule has 0 bridgehead atoms. The Balaban J connectivity index is 1.60. The summed E-state index contributed by atoms with van der Waals surface area (Å²) in [4.78, 5) is 14.5. The highest BCUT2D eigenvalue weighted by atomic mass is 35.5. The van der Waals surface area contributed by atoms with Gasteiger partial charge in [0.1, 0.15) is 0 Å². The van der Waals surface area contributed by atoms with E-state index in [2.05, 4.69) is 17.2 Å². The lowest BCUT2D eigenvalue weighted by Gasteiger charge is -2.24. The van der Waals surface area contributed by atoms with Crippen LogP contribution in [-0.2, 0) is 13.0 Å². The summed E-state index contributed by atoms with van der Waals surface area (Å²) < 4.78 is 1.82. The normalized spacial score (nSPS) is 13.8. The molecule has 0 unspecified atom stereocenters. The van der Waals surface area contributed by atoms with Gasteiger partial charge in [0.2, 0.25) is 0 Å². The monoisotopic (exact) mass is 409 g/mol. The lowest BCUT2D eigenvalue weighted by atomic mass is 9.95. The Kier molecular flexibility index (Phi) is 4.97. The molecule has 1 N–H and O–H groups in total. The standard InChI is InChI=1S/C23H24ClN3O2/c1-15-17(11-16-5-7-18(8-6-16)27-10-4-9-25-27)12-19-20(21(15)24)13-26(22(19)28)14-23(2,3)29/h4-10,12,29H,11,13-14H2,1-3H3. The SMILES string of the molecule is Cc1c(Cc2ccc(-n3cccn3)cc2)cc2c(c1Cl)CN(CC(C)(C)O)C2=O. The van der Waals surface area contributed by atoms with Crippen molar-refractivity contribution in [3.63, 3.8) is 0 Å². The zero-order valence-electron chi connectivity index (χ0n) is 16.8. The van der Waals surface area contributed by atoms with Crippen LogP contribution in [0.4, 0.5) is 0 Å². The third-order valence-electron chi connectivity index (χ3n) is 5.26. The Labute approximate surface area is 175 Å². The molecule has 0 aliphatic carbocycles. The van der Waals surface area contributed by atoms with Gasteiger partial charge in [0.15, 0.2) is 0 Å². The minimum absolute atomic E-state index is 0.0701. The van der Waals surface area contributed by atoms with Crippen LogP contribution in [0, 0.1) is 6.92 Å². The Morgan fingerprint density at radius 3 is 2.59 bits per heavy atom. The van der Waals surface area contributed by atoms with Gasteiger partial charge in [0.05, 0.1) is 11.3 Å². The minimum atomic E-state index is -0.946. The molecule has 0 saturated heterocycles. The maximum atomic E-state index is 12.9. The molecule has 1 amide bonds. The van der Waals surface area contributed by atoms with E-state index in [0.29, 0.717) is 23.6 Å². The van der Waals surface area contributed by atoms with E-state index in [1.807, 2.05) is 42.1 Å². The van der Waals surface area contributed by atoms with E-state index in [9.17, 15) is 9.90 Å². The van der Waals surface area contributed by atoms with Gasteiger partial charge in [0.25, 0.3) is 5.91 Å². The Bertz CT molecular complexity index is 1050. The molecule has 0 radical (unpaired) electrons. The Hall–Kier alpha value is -2.63. The fourth-order valence-corrected chi connectivity index (χ4v) is 4.10. The molecule has 0 fully saturated rings. The molecule has 2 aromatic carbocycles. The number of hydrogen-bond acceptors (Lipinski definition) is 3. The van der Waals surface area contributed by atoms with Crippen LogP contribution in [0.25, 0.3) is 5.69 Å². The van der Waals surface area contributed by atoms with E-state index in [4.69, 9.17) is 11.6 Å². The van der Waals surface area contributed by atoms with Crippen LogP contribution in [-0.4, -0.2) is 37.8 Å². The van der Waals surface area contributed by atoms with Crippen molar-refractivity contribution >= 4 is 17.5 Å². The molecule has 1 aromatic heterocycles. The molecule has 4 rings (SSSR count). The van der Waals surface area contributed by atoms with Gasteiger partial charge in [-0.05, 0) is 68.1 Å².